The molecule has 6 nitrogen and oxygen atoms in total. The van der Waals surface area contributed by atoms with Gasteiger partial charge in [-0.3, -0.25) is 9.59 Å². The van der Waals surface area contributed by atoms with Gasteiger partial charge in [0.25, 0.3) is 5.91 Å². The van der Waals surface area contributed by atoms with Gasteiger partial charge in [-0.05, 0) is 18.2 Å². The van der Waals surface area contributed by atoms with Crippen molar-refractivity contribution in [3.05, 3.63) is 35.4 Å². The second-order valence-electron chi connectivity index (χ2n) is 4.70. The minimum Gasteiger partial charge on any atom is -0.378 e. The van der Waals surface area contributed by atoms with Crippen molar-refractivity contribution in [3.8, 4) is 6.07 Å². The van der Waals surface area contributed by atoms with Crippen molar-refractivity contribution in [1.29, 1.82) is 5.26 Å². The van der Waals surface area contributed by atoms with Gasteiger partial charge in [-0.25, -0.2) is 0 Å². The Labute approximate surface area is 123 Å². The SMILES string of the molecule is N#Cc1cccc(C(=O)N2CCOCCNC(=O)CC2)c1. The molecule has 0 bridgehead atoms. The third-order valence-corrected chi connectivity index (χ3v) is 3.21. The van der Waals surface area contributed by atoms with Crippen LogP contribution in [0.4, 0.5) is 0 Å². The molecule has 2 rings (SSSR count). The van der Waals surface area contributed by atoms with Crippen molar-refractivity contribution in [2.45, 2.75) is 6.42 Å². The molecule has 0 aromatic heterocycles. The molecule has 1 aromatic carbocycles. The predicted octanol–water partition coefficient (Wildman–Crippen LogP) is 0.537. The largest absolute Gasteiger partial charge is 0.378 e. The molecule has 0 unspecified atom stereocenters. The van der Waals surface area contributed by atoms with Crippen LogP contribution in [-0.2, 0) is 9.53 Å². The van der Waals surface area contributed by atoms with Gasteiger partial charge in [0, 0.05) is 31.6 Å². The zero-order chi connectivity index (χ0) is 15.1. The molecule has 6 heteroatoms. The molecule has 0 atom stereocenters. The minimum absolute atomic E-state index is 0.0934. The van der Waals surface area contributed by atoms with Gasteiger partial charge >= 0.3 is 0 Å². The summed E-state index contributed by atoms with van der Waals surface area (Å²) < 4.78 is 5.36. The van der Waals surface area contributed by atoms with Crippen LogP contribution >= 0.6 is 0 Å². The summed E-state index contributed by atoms with van der Waals surface area (Å²) in [5.74, 6) is -0.284. The van der Waals surface area contributed by atoms with Crippen molar-refractivity contribution < 1.29 is 14.3 Å². The van der Waals surface area contributed by atoms with E-state index in [1.807, 2.05) is 6.07 Å². The quantitative estimate of drug-likeness (QED) is 0.817. The molecule has 0 spiro atoms. The van der Waals surface area contributed by atoms with E-state index >= 15 is 0 Å². The molecule has 1 aliphatic rings. The topological polar surface area (TPSA) is 82.4 Å². The van der Waals surface area contributed by atoms with Crippen molar-refractivity contribution in [2.24, 2.45) is 0 Å². The fourth-order valence-corrected chi connectivity index (χ4v) is 2.08. The number of carbonyl (C=O) groups is 2. The van der Waals surface area contributed by atoms with Gasteiger partial charge in [-0.15, -0.1) is 0 Å². The summed E-state index contributed by atoms with van der Waals surface area (Å²) in [6.45, 7) is 2.14. The second-order valence-corrected chi connectivity index (χ2v) is 4.70. The lowest BCUT2D eigenvalue weighted by Gasteiger charge is -2.24. The molecule has 1 fully saturated rings. The van der Waals surface area contributed by atoms with E-state index in [4.69, 9.17) is 10.00 Å². The van der Waals surface area contributed by atoms with Gasteiger partial charge in [0.2, 0.25) is 5.91 Å². The number of hydrogen-bond donors (Lipinski definition) is 1. The Morgan fingerprint density at radius 1 is 1.33 bits per heavy atom. The molecule has 1 aromatic rings. The van der Waals surface area contributed by atoms with Crippen molar-refractivity contribution in [2.75, 3.05) is 32.8 Å². The van der Waals surface area contributed by atoms with Gasteiger partial charge in [0.1, 0.15) is 0 Å². The lowest BCUT2D eigenvalue weighted by Crippen LogP contribution is -2.39. The Balaban J connectivity index is 2.10. The summed E-state index contributed by atoms with van der Waals surface area (Å²) in [6.07, 6.45) is 0.268. The molecule has 1 saturated heterocycles. The van der Waals surface area contributed by atoms with E-state index in [0.29, 0.717) is 44.0 Å². The number of hydrogen-bond acceptors (Lipinski definition) is 4. The van der Waals surface area contributed by atoms with Gasteiger partial charge in [0.05, 0.1) is 24.8 Å². The number of benzene rings is 1. The number of ether oxygens (including phenoxy) is 1. The Kier molecular flexibility index (Phi) is 5.29. The van der Waals surface area contributed by atoms with E-state index in [9.17, 15) is 9.59 Å². The number of nitrogens with zero attached hydrogens (tertiary/aromatic N) is 2. The van der Waals surface area contributed by atoms with Crippen molar-refractivity contribution in [3.63, 3.8) is 0 Å². The van der Waals surface area contributed by atoms with E-state index in [-0.39, 0.29) is 18.2 Å². The van der Waals surface area contributed by atoms with E-state index in [1.54, 1.807) is 29.2 Å². The number of nitriles is 1. The molecule has 2 amide bonds. The Morgan fingerprint density at radius 3 is 3.00 bits per heavy atom. The minimum atomic E-state index is -0.191. The maximum absolute atomic E-state index is 12.5. The molecule has 0 aliphatic carbocycles. The van der Waals surface area contributed by atoms with Crippen LogP contribution in [0.25, 0.3) is 0 Å². The van der Waals surface area contributed by atoms with Gasteiger partial charge < -0.3 is 15.0 Å². The van der Waals surface area contributed by atoms with Crippen LogP contribution in [0.3, 0.4) is 0 Å². The first-order valence-electron chi connectivity index (χ1n) is 6.84. The van der Waals surface area contributed by atoms with Gasteiger partial charge in [0.15, 0.2) is 0 Å². The van der Waals surface area contributed by atoms with Gasteiger partial charge in [-0.2, -0.15) is 5.26 Å². The lowest BCUT2D eigenvalue weighted by molar-refractivity contribution is -0.121. The standard InChI is InChI=1S/C15H17N3O3/c16-11-12-2-1-3-13(10-12)15(20)18-6-4-14(19)17-5-8-21-9-7-18/h1-3,10H,4-9H2,(H,17,19). The summed E-state index contributed by atoms with van der Waals surface area (Å²) in [5.41, 5.74) is 0.891. The number of rotatable bonds is 1. The van der Waals surface area contributed by atoms with Crippen LogP contribution in [0.5, 0.6) is 0 Å². The first-order valence-corrected chi connectivity index (χ1v) is 6.84. The maximum Gasteiger partial charge on any atom is 0.253 e. The molecule has 0 radical (unpaired) electrons. The van der Waals surface area contributed by atoms with Crippen molar-refractivity contribution in [1.82, 2.24) is 10.2 Å². The zero-order valence-electron chi connectivity index (χ0n) is 11.7. The number of carbonyl (C=O) groups excluding carboxylic acids is 2. The van der Waals surface area contributed by atoms with Crippen LogP contribution in [0, 0.1) is 11.3 Å². The Morgan fingerprint density at radius 2 is 2.19 bits per heavy atom. The average Bonchev–Trinajstić information content (AvgIpc) is 2.53. The number of amides is 2. The van der Waals surface area contributed by atoms with Crippen LogP contribution in [0.2, 0.25) is 0 Å². The number of nitrogens with one attached hydrogen (secondary N) is 1. The summed E-state index contributed by atoms with van der Waals surface area (Å²) >= 11 is 0. The van der Waals surface area contributed by atoms with Crippen LogP contribution in [0.1, 0.15) is 22.3 Å². The summed E-state index contributed by atoms with van der Waals surface area (Å²) in [7, 11) is 0. The summed E-state index contributed by atoms with van der Waals surface area (Å²) in [4.78, 5) is 25.6. The molecule has 21 heavy (non-hydrogen) atoms. The van der Waals surface area contributed by atoms with Crippen LogP contribution < -0.4 is 5.32 Å². The molecular weight excluding hydrogens is 270 g/mol. The maximum atomic E-state index is 12.5. The summed E-state index contributed by atoms with van der Waals surface area (Å²) in [6, 6.07) is 8.57. The first-order chi connectivity index (χ1) is 10.2. The van der Waals surface area contributed by atoms with Crippen LogP contribution in [-0.4, -0.2) is 49.6 Å². The molecular formula is C15H17N3O3. The highest BCUT2D eigenvalue weighted by molar-refractivity contribution is 5.94. The van der Waals surface area contributed by atoms with Crippen LogP contribution in [0.15, 0.2) is 24.3 Å². The van der Waals surface area contributed by atoms with E-state index < -0.39 is 0 Å². The second kappa shape index (κ2) is 7.41. The third-order valence-electron chi connectivity index (χ3n) is 3.21. The molecule has 110 valence electrons. The zero-order valence-corrected chi connectivity index (χ0v) is 11.7. The lowest BCUT2D eigenvalue weighted by atomic mass is 10.1. The third kappa shape index (κ3) is 4.29. The highest BCUT2D eigenvalue weighted by Gasteiger charge is 2.18. The van der Waals surface area contributed by atoms with E-state index in [2.05, 4.69) is 5.32 Å². The molecule has 1 heterocycles. The Hall–Kier alpha value is -2.39. The highest BCUT2D eigenvalue weighted by Crippen LogP contribution is 2.09. The normalized spacial score (nSPS) is 16.7. The highest BCUT2D eigenvalue weighted by atomic mass is 16.5. The molecule has 0 saturated carbocycles. The van der Waals surface area contributed by atoms with Crippen molar-refractivity contribution >= 4 is 11.8 Å². The fraction of sp³-hybridized carbons (Fsp3) is 0.400. The Bertz CT molecular complexity index is 566. The summed E-state index contributed by atoms with van der Waals surface area (Å²) in [5, 5.41) is 11.6. The van der Waals surface area contributed by atoms with E-state index in [1.165, 1.54) is 0 Å². The molecule has 1 aliphatic heterocycles. The van der Waals surface area contributed by atoms with E-state index in [0.717, 1.165) is 0 Å². The first kappa shape index (κ1) is 15.0. The molecule has 1 N–H and O–H groups in total. The average molecular weight is 287 g/mol. The fourth-order valence-electron chi connectivity index (χ4n) is 2.08. The monoisotopic (exact) mass is 287 g/mol. The smallest absolute Gasteiger partial charge is 0.253 e. The van der Waals surface area contributed by atoms with Gasteiger partial charge in [-0.1, -0.05) is 6.07 Å². The predicted molar refractivity (Wildman–Crippen MR) is 75.5 cm³/mol.